The summed E-state index contributed by atoms with van der Waals surface area (Å²) in [5.74, 6) is -1.52. The number of nitrogens with zero attached hydrogens (tertiary/aromatic N) is 1. The van der Waals surface area contributed by atoms with Gasteiger partial charge in [0.25, 0.3) is 5.69 Å². The van der Waals surface area contributed by atoms with E-state index in [1.54, 1.807) is 6.92 Å². The molecule has 1 atom stereocenters. The predicted molar refractivity (Wildman–Crippen MR) is 93.4 cm³/mol. The van der Waals surface area contributed by atoms with Crippen LogP contribution in [0.15, 0.2) is 18.2 Å². The van der Waals surface area contributed by atoms with Gasteiger partial charge in [0.1, 0.15) is 17.5 Å². The van der Waals surface area contributed by atoms with Gasteiger partial charge in [0.15, 0.2) is 0 Å². The monoisotopic (exact) mass is 369 g/mol. The molecule has 3 N–H and O–H groups in total. The van der Waals surface area contributed by atoms with Crippen molar-refractivity contribution in [3.63, 3.8) is 0 Å². The average molecular weight is 369 g/mol. The topological polar surface area (TPSA) is 140 Å². The van der Waals surface area contributed by atoms with Gasteiger partial charge in [-0.25, -0.2) is 0 Å². The molecule has 0 spiro atoms. The van der Waals surface area contributed by atoms with Crippen LogP contribution in [0.4, 0.5) is 11.4 Å². The van der Waals surface area contributed by atoms with Crippen LogP contribution < -0.4 is 15.4 Å². The average Bonchev–Trinajstić information content (AvgIpc) is 2.58. The molecule has 0 saturated heterocycles. The second-order valence-corrected chi connectivity index (χ2v) is 5.31. The van der Waals surface area contributed by atoms with Crippen molar-refractivity contribution in [1.82, 2.24) is 5.32 Å². The Bertz CT molecular complexity index is 636. The second-order valence-electron chi connectivity index (χ2n) is 5.31. The van der Waals surface area contributed by atoms with Gasteiger partial charge in [-0.3, -0.25) is 19.7 Å². The third-order valence-corrected chi connectivity index (χ3v) is 3.35. The number of hydrogen-bond acceptors (Lipinski definition) is 7. The Morgan fingerprint density at radius 3 is 2.69 bits per heavy atom. The molecular weight excluding hydrogens is 346 g/mol. The van der Waals surface area contributed by atoms with Crippen molar-refractivity contribution in [2.24, 2.45) is 0 Å². The van der Waals surface area contributed by atoms with E-state index < -0.39 is 22.8 Å². The summed E-state index contributed by atoms with van der Waals surface area (Å²) < 4.78 is 10.1. The van der Waals surface area contributed by atoms with Crippen LogP contribution in [0.2, 0.25) is 0 Å². The Morgan fingerprint density at radius 2 is 2.12 bits per heavy atom. The number of nitrogens with one attached hydrogen (secondary N) is 2. The highest BCUT2D eigenvalue weighted by molar-refractivity contribution is 5.95. The first-order valence-corrected chi connectivity index (χ1v) is 8.05. The molecule has 0 radical (unpaired) electrons. The number of nitro groups is 1. The molecule has 0 aliphatic rings. The minimum Gasteiger partial charge on any atom is -0.494 e. The molecule has 0 bridgehead atoms. The van der Waals surface area contributed by atoms with E-state index in [-0.39, 0.29) is 17.8 Å². The Balaban J connectivity index is 2.75. The van der Waals surface area contributed by atoms with Gasteiger partial charge in [-0.1, -0.05) is 0 Å². The van der Waals surface area contributed by atoms with Crippen LogP contribution >= 0.6 is 0 Å². The van der Waals surface area contributed by atoms with E-state index in [9.17, 15) is 24.8 Å². The maximum atomic E-state index is 12.1. The molecule has 1 rings (SSSR count). The molecule has 1 aromatic rings. The van der Waals surface area contributed by atoms with Crippen molar-refractivity contribution in [1.29, 1.82) is 0 Å². The van der Waals surface area contributed by atoms with Gasteiger partial charge in [0.2, 0.25) is 5.91 Å². The van der Waals surface area contributed by atoms with Crippen LogP contribution in [-0.2, 0) is 14.3 Å². The van der Waals surface area contributed by atoms with Crippen LogP contribution in [0.3, 0.4) is 0 Å². The SMILES string of the molecule is CCOc1ccc(NC(=O)CC(NCCCOC)C(=O)O)c([N+](=O)[O-])c1. The van der Waals surface area contributed by atoms with Crippen molar-refractivity contribution in [3.05, 3.63) is 28.3 Å². The van der Waals surface area contributed by atoms with Gasteiger partial charge in [-0.05, 0) is 32.0 Å². The highest BCUT2D eigenvalue weighted by atomic mass is 16.6. The number of carboxylic acid groups (broad SMARTS) is 1. The Morgan fingerprint density at radius 1 is 1.38 bits per heavy atom. The summed E-state index contributed by atoms with van der Waals surface area (Å²) in [6.07, 6.45) is 0.221. The molecule has 144 valence electrons. The smallest absolute Gasteiger partial charge is 0.321 e. The highest BCUT2D eigenvalue weighted by Crippen LogP contribution is 2.29. The van der Waals surface area contributed by atoms with Crippen molar-refractivity contribution in [2.75, 3.05) is 32.2 Å². The molecule has 1 aromatic carbocycles. The molecule has 1 unspecified atom stereocenters. The molecular formula is C16H23N3O7. The van der Waals surface area contributed by atoms with Gasteiger partial charge < -0.3 is 25.2 Å². The fourth-order valence-corrected chi connectivity index (χ4v) is 2.15. The van der Waals surface area contributed by atoms with E-state index in [0.717, 1.165) is 0 Å². The van der Waals surface area contributed by atoms with E-state index >= 15 is 0 Å². The molecule has 0 fully saturated rings. The predicted octanol–water partition coefficient (Wildman–Crippen LogP) is 1.40. The number of carboxylic acids is 1. The van der Waals surface area contributed by atoms with E-state index in [2.05, 4.69) is 10.6 Å². The lowest BCUT2D eigenvalue weighted by Crippen LogP contribution is -2.40. The van der Waals surface area contributed by atoms with Crippen LogP contribution in [0.25, 0.3) is 0 Å². The van der Waals surface area contributed by atoms with Crippen LogP contribution in [0.1, 0.15) is 19.8 Å². The first kappa shape index (κ1) is 21.3. The number of benzene rings is 1. The van der Waals surface area contributed by atoms with Crippen LogP contribution in [0.5, 0.6) is 5.75 Å². The van der Waals surface area contributed by atoms with Gasteiger partial charge in [0.05, 0.1) is 24.0 Å². The van der Waals surface area contributed by atoms with E-state index in [1.165, 1.54) is 25.3 Å². The van der Waals surface area contributed by atoms with E-state index in [1.807, 2.05) is 0 Å². The highest BCUT2D eigenvalue weighted by Gasteiger charge is 2.23. The first-order chi connectivity index (χ1) is 12.4. The summed E-state index contributed by atoms with van der Waals surface area (Å²) >= 11 is 0. The van der Waals surface area contributed by atoms with E-state index in [4.69, 9.17) is 9.47 Å². The molecule has 0 saturated carbocycles. The summed E-state index contributed by atoms with van der Waals surface area (Å²) in [5, 5.41) is 25.5. The van der Waals surface area contributed by atoms with Crippen molar-refractivity contribution < 1.29 is 29.1 Å². The van der Waals surface area contributed by atoms with Gasteiger partial charge >= 0.3 is 5.97 Å². The summed E-state index contributed by atoms with van der Waals surface area (Å²) in [4.78, 5) is 33.9. The zero-order chi connectivity index (χ0) is 19.5. The lowest BCUT2D eigenvalue weighted by atomic mass is 10.1. The summed E-state index contributed by atoms with van der Waals surface area (Å²) in [7, 11) is 1.53. The number of hydrogen-bond donors (Lipinski definition) is 3. The number of amides is 1. The quantitative estimate of drug-likeness (QED) is 0.285. The third kappa shape index (κ3) is 7.03. The number of aliphatic carboxylic acids is 1. The molecule has 10 heteroatoms. The fraction of sp³-hybridized carbons (Fsp3) is 0.500. The van der Waals surface area contributed by atoms with Crippen molar-refractivity contribution in [3.8, 4) is 5.75 Å². The number of carbonyl (C=O) groups is 2. The number of methoxy groups -OCH3 is 1. The Hall–Kier alpha value is -2.72. The zero-order valence-electron chi connectivity index (χ0n) is 14.7. The summed E-state index contributed by atoms with van der Waals surface area (Å²) in [6, 6.07) is 2.94. The molecule has 1 amide bonds. The van der Waals surface area contributed by atoms with Gasteiger partial charge in [-0.2, -0.15) is 0 Å². The number of rotatable bonds is 12. The molecule has 0 aliphatic carbocycles. The Kier molecular flexibility index (Phi) is 9.02. The number of ether oxygens (including phenoxy) is 2. The number of anilines is 1. The van der Waals surface area contributed by atoms with Gasteiger partial charge in [0, 0.05) is 13.7 Å². The molecule has 0 heterocycles. The molecule has 0 aliphatic heterocycles. The van der Waals surface area contributed by atoms with Crippen LogP contribution in [-0.4, -0.2) is 54.8 Å². The summed E-state index contributed by atoms with van der Waals surface area (Å²) in [6.45, 7) is 2.91. The fourth-order valence-electron chi connectivity index (χ4n) is 2.15. The maximum absolute atomic E-state index is 12.1. The largest absolute Gasteiger partial charge is 0.494 e. The normalized spacial score (nSPS) is 11.6. The molecule has 10 nitrogen and oxygen atoms in total. The zero-order valence-corrected chi connectivity index (χ0v) is 14.7. The minimum absolute atomic E-state index is 0.0213. The van der Waals surface area contributed by atoms with Gasteiger partial charge in [-0.15, -0.1) is 0 Å². The number of nitro benzene ring substituents is 1. The molecule has 0 aromatic heterocycles. The van der Waals surface area contributed by atoms with Crippen molar-refractivity contribution >= 4 is 23.3 Å². The second kappa shape index (κ2) is 11.0. The van der Waals surface area contributed by atoms with Crippen LogP contribution in [0, 0.1) is 10.1 Å². The third-order valence-electron chi connectivity index (χ3n) is 3.35. The standard InChI is InChI=1S/C16H23N3O7/c1-3-26-11-5-6-12(14(9-11)19(23)24)18-15(20)10-13(16(21)22)17-7-4-8-25-2/h5-6,9,13,17H,3-4,7-8,10H2,1-2H3,(H,18,20)(H,21,22). The lowest BCUT2D eigenvalue weighted by Gasteiger charge is -2.14. The minimum atomic E-state index is -1.18. The van der Waals surface area contributed by atoms with Crippen molar-refractivity contribution in [2.45, 2.75) is 25.8 Å². The number of carbonyl (C=O) groups excluding carboxylic acids is 1. The van der Waals surface area contributed by atoms with E-state index in [0.29, 0.717) is 31.9 Å². The molecule has 26 heavy (non-hydrogen) atoms. The first-order valence-electron chi connectivity index (χ1n) is 8.05. The maximum Gasteiger partial charge on any atom is 0.321 e. The lowest BCUT2D eigenvalue weighted by molar-refractivity contribution is -0.384. The Labute approximate surface area is 150 Å². The summed E-state index contributed by atoms with van der Waals surface area (Å²) in [5.41, 5.74) is -0.351.